The van der Waals surface area contributed by atoms with Crippen LogP contribution >= 0.6 is 0 Å². The van der Waals surface area contributed by atoms with Crippen molar-refractivity contribution in [3.05, 3.63) is 47.7 Å². The summed E-state index contributed by atoms with van der Waals surface area (Å²) in [5.74, 6) is 2.23. The van der Waals surface area contributed by atoms with Crippen molar-refractivity contribution in [3.8, 4) is 11.5 Å². The van der Waals surface area contributed by atoms with Crippen LogP contribution in [0.3, 0.4) is 0 Å². The van der Waals surface area contributed by atoms with Gasteiger partial charge in [-0.25, -0.2) is 4.98 Å². The fourth-order valence-electron chi connectivity index (χ4n) is 3.49. The lowest BCUT2D eigenvalue weighted by Gasteiger charge is -2.21. The zero-order valence-electron chi connectivity index (χ0n) is 16.7. The van der Waals surface area contributed by atoms with Crippen LogP contribution in [0.25, 0.3) is 0 Å². The molecule has 1 aliphatic heterocycles. The Morgan fingerprint density at radius 1 is 1.04 bits per heavy atom. The number of pyridine rings is 1. The average Bonchev–Trinajstić information content (AvgIpc) is 3.03. The number of carbonyl (C=O) groups is 1. The van der Waals surface area contributed by atoms with Crippen LogP contribution in [-0.2, 0) is 6.42 Å². The highest BCUT2D eigenvalue weighted by Gasteiger charge is 2.13. The van der Waals surface area contributed by atoms with Crippen molar-refractivity contribution in [2.45, 2.75) is 32.1 Å². The number of amides is 1. The number of carbonyl (C=O) groups excluding carboxylic acids is 1. The van der Waals surface area contributed by atoms with Gasteiger partial charge in [0.15, 0.2) is 11.5 Å². The first-order valence-corrected chi connectivity index (χ1v) is 9.91. The molecule has 1 aromatic heterocycles. The summed E-state index contributed by atoms with van der Waals surface area (Å²) in [5, 5.41) is 3.00. The third kappa shape index (κ3) is 5.15. The minimum Gasteiger partial charge on any atom is -0.493 e. The maximum absolute atomic E-state index is 12.6. The van der Waals surface area contributed by atoms with Crippen LogP contribution in [0.1, 0.15) is 41.6 Å². The molecule has 0 unspecified atom stereocenters. The number of methoxy groups -OCH3 is 2. The van der Waals surface area contributed by atoms with Gasteiger partial charge in [0.05, 0.1) is 14.2 Å². The highest BCUT2D eigenvalue weighted by atomic mass is 16.5. The van der Waals surface area contributed by atoms with Crippen LogP contribution in [-0.4, -0.2) is 44.7 Å². The van der Waals surface area contributed by atoms with Gasteiger partial charge in [-0.1, -0.05) is 18.9 Å². The van der Waals surface area contributed by atoms with Crippen LogP contribution in [0.2, 0.25) is 0 Å². The Bertz CT molecular complexity index is 786. The SMILES string of the molecule is COc1ccc(CCNC(=O)c2ccnc(N3CCCCCC3)c2)cc1OC. The molecule has 2 heterocycles. The summed E-state index contributed by atoms with van der Waals surface area (Å²) in [4.78, 5) is 19.3. The van der Waals surface area contributed by atoms with Crippen molar-refractivity contribution in [2.24, 2.45) is 0 Å². The third-order valence-electron chi connectivity index (χ3n) is 5.08. The molecule has 3 rings (SSSR count). The second kappa shape index (κ2) is 9.97. The zero-order valence-corrected chi connectivity index (χ0v) is 16.7. The van der Waals surface area contributed by atoms with E-state index in [-0.39, 0.29) is 5.91 Å². The largest absolute Gasteiger partial charge is 0.493 e. The van der Waals surface area contributed by atoms with Crippen molar-refractivity contribution in [3.63, 3.8) is 0 Å². The summed E-state index contributed by atoms with van der Waals surface area (Å²) in [6.07, 6.45) is 7.35. The molecule has 0 aliphatic carbocycles. The van der Waals surface area contributed by atoms with Gasteiger partial charge < -0.3 is 19.7 Å². The van der Waals surface area contributed by atoms with Gasteiger partial charge in [0.1, 0.15) is 5.82 Å². The minimum absolute atomic E-state index is 0.0704. The number of aromatic nitrogens is 1. The topological polar surface area (TPSA) is 63.7 Å². The second-order valence-electron chi connectivity index (χ2n) is 7.00. The van der Waals surface area contributed by atoms with E-state index in [0.29, 0.717) is 23.6 Å². The molecule has 1 aromatic carbocycles. The fourth-order valence-corrected chi connectivity index (χ4v) is 3.49. The van der Waals surface area contributed by atoms with E-state index in [1.165, 1.54) is 25.7 Å². The molecule has 0 saturated carbocycles. The molecule has 6 heteroatoms. The van der Waals surface area contributed by atoms with Gasteiger partial charge in [-0.15, -0.1) is 0 Å². The van der Waals surface area contributed by atoms with Gasteiger partial charge in [-0.05, 0) is 49.1 Å². The molecular weight excluding hydrogens is 354 g/mol. The number of ether oxygens (including phenoxy) is 2. The van der Waals surface area contributed by atoms with Gasteiger partial charge in [0.2, 0.25) is 0 Å². The molecule has 0 atom stereocenters. The third-order valence-corrected chi connectivity index (χ3v) is 5.08. The lowest BCUT2D eigenvalue weighted by atomic mass is 10.1. The quantitative estimate of drug-likeness (QED) is 0.793. The Balaban J connectivity index is 1.57. The fraction of sp³-hybridized carbons (Fsp3) is 0.455. The molecule has 1 aliphatic rings. The Morgan fingerprint density at radius 3 is 2.50 bits per heavy atom. The maximum Gasteiger partial charge on any atom is 0.251 e. The average molecular weight is 383 g/mol. The molecule has 1 saturated heterocycles. The van der Waals surface area contributed by atoms with E-state index in [4.69, 9.17) is 9.47 Å². The summed E-state index contributed by atoms with van der Waals surface area (Å²) in [5.41, 5.74) is 1.74. The second-order valence-corrected chi connectivity index (χ2v) is 7.00. The van der Waals surface area contributed by atoms with Crippen molar-refractivity contribution >= 4 is 11.7 Å². The van der Waals surface area contributed by atoms with Crippen molar-refractivity contribution in [1.82, 2.24) is 10.3 Å². The van der Waals surface area contributed by atoms with E-state index in [9.17, 15) is 4.79 Å². The van der Waals surface area contributed by atoms with Crippen molar-refractivity contribution < 1.29 is 14.3 Å². The normalized spacial score (nSPS) is 14.3. The molecule has 1 fully saturated rings. The van der Waals surface area contributed by atoms with Crippen LogP contribution in [0.15, 0.2) is 36.5 Å². The summed E-state index contributed by atoms with van der Waals surface area (Å²) in [6.45, 7) is 2.57. The monoisotopic (exact) mass is 383 g/mol. The van der Waals surface area contributed by atoms with E-state index in [1.54, 1.807) is 26.5 Å². The smallest absolute Gasteiger partial charge is 0.251 e. The molecule has 28 heavy (non-hydrogen) atoms. The molecule has 1 N–H and O–H groups in total. The van der Waals surface area contributed by atoms with E-state index in [2.05, 4.69) is 15.2 Å². The van der Waals surface area contributed by atoms with Crippen LogP contribution in [0.4, 0.5) is 5.82 Å². The molecule has 0 spiro atoms. The van der Waals surface area contributed by atoms with Gasteiger partial charge in [0.25, 0.3) is 5.91 Å². The molecule has 0 radical (unpaired) electrons. The number of hydrogen-bond acceptors (Lipinski definition) is 5. The van der Waals surface area contributed by atoms with E-state index in [1.807, 2.05) is 24.3 Å². The predicted octanol–water partition coefficient (Wildman–Crippen LogP) is 3.45. The van der Waals surface area contributed by atoms with Crippen LogP contribution in [0, 0.1) is 0 Å². The highest BCUT2D eigenvalue weighted by molar-refractivity contribution is 5.94. The Morgan fingerprint density at radius 2 is 1.79 bits per heavy atom. The highest BCUT2D eigenvalue weighted by Crippen LogP contribution is 2.27. The molecule has 2 aromatic rings. The van der Waals surface area contributed by atoms with Crippen LogP contribution < -0.4 is 19.7 Å². The number of nitrogens with one attached hydrogen (secondary N) is 1. The first kappa shape index (κ1) is 20.0. The molecule has 6 nitrogen and oxygen atoms in total. The maximum atomic E-state index is 12.6. The minimum atomic E-state index is -0.0704. The first-order valence-electron chi connectivity index (χ1n) is 9.91. The molecule has 150 valence electrons. The number of hydrogen-bond donors (Lipinski definition) is 1. The van der Waals surface area contributed by atoms with Gasteiger partial charge in [-0.2, -0.15) is 0 Å². The zero-order chi connectivity index (χ0) is 19.8. The summed E-state index contributed by atoms with van der Waals surface area (Å²) in [6, 6.07) is 9.47. The lowest BCUT2D eigenvalue weighted by Crippen LogP contribution is -2.28. The number of anilines is 1. The molecular formula is C22H29N3O3. The molecule has 1 amide bonds. The number of benzene rings is 1. The number of nitrogens with zero attached hydrogens (tertiary/aromatic N) is 2. The van der Waals surface area contributed by atoms with Gasteiger partial charge in [0, 0.05) is 31.4 Å². The molecule has 0 bridgehead atoms. The van der Waals surface area contributed by atoms with Gasteiger partial charge in [-0.3, -0.25) is 4.79 Å². The van der Waals surface area contributed by atoms with Gasteiger partial charge >= 0.3 is 0 Å². The Hall–Kier alpha value is -2.76. The Labute approximate surface area is 166 Å². The summed E-state index contributed by atoms with van der Waals surface area (Å²) in [7, 11) is 3.24. The van der Waals surface area contributed by atoms with Crippen molar-refractivity contribution in [1.29, 1.82) is 0 Å². The van der Waals surface area contributed by atoms with Crippen LogP contribution in [0.5, 0.6) is 11.5 Å². The first-order chi connectivity index (χ1) is 13.7. The standard InChI is InChI=1S/C22H29N3O3/c1-27-19-8-7-17(15-20(19)28-2)9-11-24-22(26)18-10-12-23-21(16-18)25-13-5-3-4-6-14-25/h7-8,10,12,15-16H,3-6,9,11,13-14H2,1-2H3,(H,24,26). The number of rotatable bonds is 7. The van der Waals surface area contributed by atoms with E-state index in [0.717, 1.165) is 30.9 Å². The summed E-state index contributed by atoms with van der Waals surface area (Å²) >= 11 is 0. The van der Waals surface area contributed by atoms with E-state index < -0.39 is 0 Å². The Kier molecular flexibility index (Phi) is 7.12. The van der Waals surface area contributed by atoms with E-state index >= 15 is 0 Å². The van der Waals surface area contributed by atoms with Crippen molar-refractivity contribution in [2.75, 3.05) is 38.8 Å². The summed E-state index contributed by atoms with van der Waals surface area (Å²) < 4.78 is 10.6. The predicted molar refractivity (Wildman–Crippen MR) is 111 cm³/mol. The lowest BCUT2D eigenvalue weighted by molar-refractivity contribution is 0.0954.